The molecular formula is C26H28N2. The molecule has 0 saturated heterocycles. The molecule has 0 heterocycles. The van der Waals surface area contributed by atoms with Crippen LogP contribution in [-0.4, -0.2) is 6.04 Å². The first-order chi connectivity index (χ1) is 13.9. The molecule has 0 radical (unpaired) electrons. The van der Waals surface area contributed by atoms with Crippen LogP contribution in [0.25, 0.3) is 5.57 Å². The third-order valence-electron chi connectivity index (χ3n) is 5.37. The van der Waals surface area contributed by atoms with Crippen molar-refractivity contribution in [2.75, 3.05) is 5.32 Å². The summed E-state index contributed by atoms with van der Waals surface area (Å²) in [5.41, 5.74) is 4.76. The van der Waals surface area contributed by atoms with E-state index >= 15 is 0 Å². The van der Waals surface area contributed by atoms with Gasteiger partial charge in [-0.15, -0.1) is 0 Å². The minimum Gasteiger partial charge on any atom is -0.368 e. The SMILES string of the molecule is c1ccc(NC(NC2CCCCC2)=C(c2ccccc2)c2ccccc2)cc1. The molecule has 1 fully saturated rings. The molecule has 4 rings (SSSR count). The van der Waals surface area contributed by atoms with Gasteiger partial charge >= 0.3 is 0 Å². The van der Waals surface area contributed by atoms with Crippen molar-refractivity contribution < 1.29 is 0 Å². The van der Waals surface area contributed by atoms with Gasteiger partial charge in [0.15, 0.2) is 0 Å². The minimum absolute atomic E-state index is 0.516. The molecule has 3 aromatic carbocycles. The summed E-state index contributed by atoms with van der Waals surface area (Å²) in [4.78, 5) is 0. The van der Waals surface area contributed by atoms with E-state index in [4.69, 9.17) is 0 Å². The molecule has 0 amide bonds. The van der Waals surface area contributed by atoms with Crippen LogP contribution in [0.5, 0.6) is 0 Å². The first-order valence-corrected chi connectivity index (χ1v) is 10.3. The van der Waals surface area contributed by atoms with Crippen molar-refractivity contribution in [2.24, 2.45) is 0 Å². The van der Waals surface area contributed by atoms with Crippen molar-refractivity contribution in [3.05, 3.63) is 108 Å². The van der Waals surface area contributed by atoms with E-state index in [9.17, 15) is 0 Å². The Morgan fingerprint density at radius 1 is 0.607 bits per heavy atom. The van der Waals surface area contributed by atoms with Crippen molar-refractivity contribution >= 4 is 11.3 Å². The van der Waals surface area contributed by atoms with Gasteiger partial charge in [-0.1, -0.05) is 98.1 Å². The highest BCUT2D eigenvalue weighted by Crippen LogP contribution is 2.28. The Morgan fingerprint density at radius 3 is 1.64 bits per heavy atom. The van der Waals surface area contributed by atoms with E-state index < -0.39 is 0 Å². The van der Waals surface area contributed by atoms with E-state index in [-0.39, 0.29) is 0 Å². The van der Waals surface area contributed by atoms with Crippen molar-refractivity contribution in [1.82, 2.24) is 5.32 Å². The summed E-state index contributed by atoms with van der Waals surface area (Å²) in [6.07, 6.45) is 6.44. The summed E-state index contributed by atoms with van der Waals surface area (Å²) in [7, 11) is 0. The van der Waals surface area contributed by atoms with E-state index in [2.05, 4.69) is 102 Å². The molecular weight excluding hydrogens is 340 g/mol. The van der Waals surface area contributed by atoms with Gasteiger partial charge in [0.25, 0.3) is 0 Å². The average Bonchev–Trinajstić information content (AvgIpc) is 2.77. The molecule has 2 heteroatoms. The van der Waals surface area contributed by atoms with Crippen LogP contribution in [0.15, 0.2) is 96.8 Å². The van der Waals surface area contributed by atoms with E-state index in [1.165, 1.54) is 48.8 Å². The fraction of sp³-hybridized carbons (Fsp3) is 0.231. The van der Waals surface area contributed by atoms with Crippen LogP contribution >= 0.6 is 0 Å². The Kier molecular flexibility index (Phi) is 6.08. The molecule has 0 bridgehead atoms. The number of benzene rings is 3. The van der Waals surface area contributed by atoms with Gasteiger partial charge in [-0.3, -0.25) is 0 Å². The van der Waals surface area contributed by atoms with Gasteiger partial charge in [0.1, 0.15) is 5.82 Å². The van der Waals surface area contributed by atoms with Gasteiger partial charge < -0.3 is 10.6 Å². The summed E-state index contributed by atoms with van der Waals surface area (Å²) in [6.45, 7) is 0. The Balaban J connectivity index is 1.80. The maximum atomic E-state index is 3.87. The Bertz CT molecular complexity index is 838. The molecule has 0 spiro atoms. The fourth-order valence-electron chi connectivity index (χ4n) is 3.95. The second-order valence-electron chi connectivity index (χ2n) is 7.45. The maximum absolute atomic E-state index is 3.87. The highest BCUT2D eigenvalue weighted by atomic mass is 15.1. The Labute approximate surface area is 168 Å². The first kappa shape index (κ1) is 18.4. The van der Waals surface area contributed by atoms with Crippen molar-refractivity contribution in [3.63, 3.8) is 0 Å². The van der Waals surface area contributed by atoms with E-state index in [1.807, 2.05) is 0 Å². The predicted molar refractivity (Wildman–Crippen MR) is 119 cm³/mol. The lowest BCUT2D eigenvalue weighted by Gasteiger charge is -2.28. The monoisotopic (exact) mass is 368 g/mol. The molecule has 0 atom stereocenters. The summed E-state index contributed by atoms with van der Waals surface area (Å²) < 4.78 is 0. The van der Waals surface area contributed by atoms with Gasteiger partial charge in [0.05, 0.1) is 0 Å². The summed E-state index contributed by atoms with van der Waals surface area (Å²) in [5, 5.41) is 7.56. The second-order valence-corrected chi connectivity index (χ2v) is 7.45. The van der Waals surface area contributed by atoms with E-state index in [1.54, 1.807) is 0 Å². The molecule has 1 saturated carbocycles. The largest absolute Gasteiger partial charge is 0.368 e. The number of hydrogen-bond acceptors (Lipinski definition) is 2. The third-order valence-corrected chi connectivity index (χ3v) is 5.37. The van der Waals surface area contributed by atoms with Crippen molar-refractivity contribution in [2.45, 2.75) is 38.1 Å². The zero-order valence-electron chi connectivity index (χ0n) is 16.3. The van der Waals surface area contributed by atoms with Crippen LogP contribution in [-0.2, 0) is 0 Å². The third kappa shape index (κ3) is 4.64. The number of hydrogen-bond donors (Lipinski definition) is 2. The average molecular weight is 369 g/mol. The van der Waals surface area contributed by atoms with Crippen LogP contribution in [0, 0.1) is 0 Å². The Hall–Kier alpha value is -3.00. The van der Waals surface area contributed by atoms with Gasteiger partial charge in [-0.25, -0.2) is 0 Å². The second kappa shape index (κ2) is 9.27. The smallest absolute Gasteiger partial charge is 0.112 e. The molecule has 28 heavy (non-hydrogen) atoms. The fourth-order valence-corrected chi connectivity index (χ4v) is 3.95. The van der Waals surface area contributed by atoms with Crippen LogP contribution in [0.2, 0.25) is 0 Å². The van der Waals surface area contributed by atoms with Gasteiger partial charge in [0, 0.05) is 17.3 Å². The van der Waals surface area contributed by atoms with Gasteiger partial charge in [-0.2, -0.15) is 0 Å². The van der Waals surface area contributed by atoms with Crippen molar-refractivity contribution in [1.29, 1.82) is 0 Å². The number of anilines is 1. The zero-order chi connectivity index (χ0) is 19.0. The lowest BCUT2D eigenvalue weighted by molar-refractivity contribution is 0.398. The zero-order valence-corrected chi connectivity index (χ0v) is 16.3. The minimum atomic E-state index is 0.516. The van der Waals surface area contributed by atoms with Gasteiger partial charge in [0.2, 0.25) is 0 Å². The maximum Gasteiger partial charge on any atom is 0.112 e. The van der Waals surface area contributed by atoms with Crippen LogP contribution < -0.4 is 10.6 Å². The highest BCUT2D eigenvalue weighted by molar-refractivity contribution is 5.83. The van der Waals surface area contributed by atoms with Crippen LogP contribution in [0.1, 0.15) is 43.2 Å². The quantitative estimate of drug-likeness (QED) is 0.523. The number of para-hydroxylation sites is 1. The Morgan fingerprint density at radius 2 is 1.11 bits per heavy atom. The molecule has 1 aliphatic rings. The van der Waals surface area contributed by atoms with E-state index in [0.717, 1.165) is 11.5 Å². The van der Waals surface area contributed by atoms with E-state index in [0.29, 0.717) is 6.04 Å². The lowest BCUT2D eigenvalue weighted by Crippen LogP contribution is -2.34. The topological polar surface area (TPSA) is 24.1 Å². The van der Waals surface area contributed by atoms with Gasteiger partial charge in [-0.05, 0) is 36.1 Å². The molecule has 1 aliphatic carbocycles. The van der Waals surface area contributed by atoms with Crippen LogP contribution in [0.3, 0.4) is 0 Å². The molecule has 0 aromatic heterocycles. The molecule has 142 valence electrons. The molecule has 0 aliphatic heterocycles. The first-order valence-electron chi connectivity index (χ1n) is 10.3. The highest BCUT2D eigenvalue weighted by Gasteiger charge is 2.18. The standard InChI is InChI=1S/C26H28N2/c1-5-13-21(14-6-1)25(22-15-7-2-8-16-22)26(27-23-17-9-3-10-18-23)28-24-19-11-4-12-20-24/h1-3,5-10,13-18,24,27-28H,4,11-12,19-20H2. The van der Waals surface area contributed by atoms with Crippen LogP contribution in [0.4, 0.5) is 5.69 Å². The van der Waals surface area contributed by atoms with Crippen molar-refractivity contribution in [3.8, 4) is 0 Å². The summed E-state index contributed by atoms with van der Waals surface area (Å²) in [6, 6.07) is 32.3. The normalized spacial score (nSPS) is 14.3. The number of rotatable bonds is 6. The lowest BCUT2D eigenvalue weighted by atomic mass is 9.94. The predicted octanol–water partition coefficient (Wildman–Crippen LogP) is 6.44. The summed E-state index contributed by atoms with van der Waals surface area (Å²) in [5.74, 6) is 1.09. The molecule has 2 N–H and O–H groups in total. The summed E-state index contributed by atoms with van der Waals surface area (Å²) >= 11 is 0. The molecule has 0 unspecified atom stereocenters. The molecule has 2 nitrogen and oxygen atoms in total. The number of nitrogens with one attached hydrogen (secondary N) is 2. The molecule has 3 aromatic rings.